The summed E-state index contributed by atoms with van der Waals surface area (Å²) < 4.78 is 0. The van der Waals surface area contributed by atoms with Crippen LogP contribution in [-0.4, -0.2) is 12.5 Å². The molecule has 0 spiro atoms. The van der Waals surface area contributed by atoms with Crippen LogP contribution in [0.1, 0.15) is 12.0 Å². The zero-order valence-electron chi connectivity index (χ0n) is 8.12. The SMILES string of the molecule is Cc1ccccc1NC(=O)CCN.Cl. The Morgan fingerprint density at radius 2 is 2.07 bits per heavy atom. The van der Waals surface area contributed by atoms with Crippen LogP contribution in [0, 0.1) is 6.92 Å². The monoisotopic (exact) mass is 214 g/mol. The van der Waals surface area contributed by atoms with Crippen LogP contribution in [0.15, 0.2) is 24.3 Å². The molecule has 14 heavy (non-hydrogen) atoms. The van der Waals surface area contributed by atoms with E-state index < -0.39 is 0 Å². The molecule has 1 rings (SSSR count). The summed E-state index contributed by atoms with van der Waals surface area (Å²) in [7, 11) is 0. The molecule has 0 radical (unpaired) electrons. The Kier molecular flexibility index (Phi) is 5.92. The molecule has 3 nitrogen and oxygen atoms in total. The first kappa shape index (κ1) is 12.9. The molecule has 0 unspecified atom stereocenters. The molecule has 0 aliphatic rings. The number of carbonyl (C=O) groups excluding carboxylic acids is 1. The van der Waals surface area contributed by atoms with E-state index in [0.29, 0.717) is 13.0 Å². The van der Waals surface area contributed by atoms with Gasteiger partial charge in [0.25, 0.3) is 0 Å². The van der Waals surface area contributed by atoms with Gasteiger partial charge in [0.05, 0.1) is 0 Å². The lowest BCUT2D eigenvalue weighted by Crippen LogP contribution is -2.16. The summed E-state index contributed by atoms with van der Waals surface area (Å²) in [5, 5.41) is 2.79. The fraction of sp³-hybridized carbons (Fsp3) is 0.300. The molecule has 0 aliphatic carbocycles. The number of nitrogens with one attached hydrogen (secondary N) is 1. The number of nitrogens with two attached hydrogens (primary N) is 1. The van der Waals surface area contributed by atoms with Crippen molar-refractivity contribution in [1.82, 2.24) is 0 Å². The molecule has 4 heteroatoms. The van der Waals surface area contributed by atoms with E-state index in [0.717, 1.165) is 11.3 Å². The smallest absolute Gasteiger partial charge is 0.225 e. The Morgan fingerprint density at radius 1 is 1.43 bits per heavy atom. The van der Waals surface area contributed by atoms with Crippen molar-refractivity contribution >= 4 is 24.0 Å². The summed E-state index contributed by atoms with van der Waals surface area (Å²) in [6.45, 7) is 2.34. The van der Waals surface area contributed by atoms with Crippen LogP contribution >= 0.6 is 12.4 Å². The first-order valence-corrected chi connectivity index (χ1v) is 4.29. The van der Waals surface area contributed by atoms with E-state index in [1.165, 1.54) is 0 Å². The van der Waals surface area contributed by atoms with Gasteiger partial charge in [0.2, 0.25) is 5.91 Å². The van der Waals surface area contributed by atoms with Crippen molar-refractivity contribution in [3.8, 4) is 0 Å². The molecule has 0 aromatic heterocycles. The predicted molar refractivity (Wildman–Crippen MR) is 60.7 cm³/mol. The van der Waals surface area contributed by atoms with Gasteiger partial charge in [-0.3, -0.25) is 4.79 Å². The Bertz CT molecular complexity index is 302. The van der Waals surface area contributed by atoms with Gasteiger partial charge in [-0.1, -0.05) is 18.2 Å². The molecule has 1 amide bonds. The number of amides is 1. The predicted octanol–water partition coefficient (Wildman–Crippen LogP) is 1.70. The van der Waals surface area contributed by atoms with Gasteiger partial charge in [-0.05, 0) is 18.6 Å². The molecule has 0 saturated carbocycles. The van der Waals surface area contributed by atoms with E-state index in [4.69, 9.17) is 5.73 Å². The molecule has 78 valence electrons. The second kappa shape index (κ2) is 6.40. The van der Waals surface area contributed by atoms with Gasteiger partial charge in [0.15, 0.2) is 0 Å². The summed E-state index contributed by atoms with van der Waals surface area (Å²) >= 11 is 0. The molecule has 1 aromatic rings. The second-order valence-electron chi connectivity index (χ2n) is 2.90. The Hall–Kier alpha value is -1.06. The van der Waals surface area contributed by atoms with Gasteiger partial charge in [0, 0.05) is 18.7 Å². The number of hydrogen-bond acceptors (Lipinski definition) is 2. The van der Waals surface area contributed by atoms with Crippen molar-refractivity contribution in [2.45, 2.75) is 13.3 Å². The quantitative estimate of drug-likeness (QED) is 0.805. The zero-order valence-corrected chi connectivity index (χ0v) is 8.93. The van der Waals surface area contributed by atoms with Gasteiger partial charge in [-0.25, -0.2) is 0 Å². The molecule has 3 N–H and O–H groups in total. The molecule has 0 aliphatic heterocycles. The summed E-state index contributed by atoms with van der Waals surface area (Å²) in [5.74, 6) is -0.0307. The Balaban J connectivity index is 0.00000169. The van der Waals surface area contributed by atoms with Crippen molar-refractivity contribution in [2.24, 2.45) is 5.73 Å². The second-order valence-corrected chi connectivity index (χ2v) is 2.90. The first-order chi connectivity index (χ1) is 6.24. The number of hydrogen-bond donors (Lipinski definition) is 2. The topological polar surface area (TPSA) is 55.1 Å². The third-order valence-corrected chi connectivity index (χ3v) is 1.79. The lowest BCUT2D eigenvalue weighted by molar-refractivity contribution is -0.116. The number of benzene rings is 1. The molecule has 0 bridgehead atoms. The van der Waals surface area contributed by atoms with Gasteiger partial charge in [-0.2, -0.15) is 0 Å². The van der Waals surface area contributed by atoms with Crippen LogP contribution in [0.5, 0.6) is 0 Å². The minimum absolute atomic E-state index is 0. The van der Waals surface area contributed by atoms with E-state index >= 15 is 0 Å². The average Bonchev–Trinajstić information content (AvgIpc) is 2.09. The molecule has 1 aromatic carbocycles. The largest absolute Gasteiger partial charge is 0.330 e. The summed E-state index contributed by atoms with van der Waals surface area (Å²) in [4.78, 5) is 11.2. The number of aryl methyl sites for hydroxylation is 1. The highest BCUT2D eigenvalue weighted by molar-refractivity contribution is 5.91. The summed E-state index contributed by atoms with van der Waals surface area (Å²) in [6.07, 6.45) is 0.369. The highest BCUT2D eigenvalue weighted by atomic mass is 35.5. The summed E-state index contributed by atoms with van der Waals surface area (Å²) in [6, 6.07) is 7.67. The fourth-order valence-corrected chi connectivity index (χ4v) is 1.06. The highest BCUT2D eigenvalue weighted by Gasteiger charge is 2.01. The van der Waals surface area contributed by atoms with E-state index in [2.05, 4.69) is 5.32 Å². The van der Waals surface area contributed by atoms with Crippen LogP contribution in [0.25, 0.3) is 0 Å². The number of carbonyl (C=O) groups is 1. The fourth-order valence-electron chi connectivity index (χ4n) is 1.06. The lowest BCUT2D eigenvalue weighted by Gasteiger charge is -2.06. The first-order valence-electron chi connectivity index (χ1n) is 4.29. The average molecular weight is 215 g/mol. The van der Waals surface area contributed by atoms with E-state index in [9.17, 15) is 4.79 Å². The summed E-state index contributed by atoms with van der Waals surface area (Å²) in [5.41, 5.74) is 7.19. The molecule has 0 heterocycles. The van der Waals surface area contributed by atoms with Crippen LogP contribution in [-0.2, 0) is 4.79 Å². The van der Waals surface area contributed by atoms with E-state index in [-0.39, 0.29) is 18.3 Å². The molecule has 0 fully saturated rings. The standard InChI is InChI=1S/C10H14N2O.ClH/c1-8-4-2-3-5-9(8)12-10(13)6-7-11;/h2-5H,6-7,11H2,1H3,(H,12,13);1H. The number of halogens is 1. The molecule has 0 saturated heterocycles. The highest BCUT2D eigenvalue weighted by Crippen LogP contribution is 2.12. The van der Waals surface area contributed by atoms with Gasteiger partial charge in [-0.15, -0.1) is 12.4 Å². The van der Waals surface area contributed by atoms with Crippen molar-refractivity contribution in [1.29, 1.82) is 0 Å². The molecular formula is C10H15ClN2O. The maximum Gasteiger partial charge on any atom is 0.225 e. The maximum absolute atomic E-state index is 11.2. The normalized spacial score (nSPS) is 9.00. The van der Waals surface area contributed by atoms with Crippen molar-refractivity contribution in [2.75, 3.05) is 11.9 Å². The maximum atomic E-state index is 11.2. The lowest BCUT2D eigenvalue weighted by atomic mass is 10.2. The minimum atomic E-state index is -0.0307. The zero-order chi connectivity index (χ0) is 9.68. The molecule has 0 atom stereocenters. The van der Waals surface area contributed by atoms with E-state index in [1.807, 2.05) is 31.2 Å². The minimum Gasteiger partial charge on any atom is -0.330 e. The Morgan fingerprint density at radius 3 is 2.64 bits per heavy atom. The third-order valence-electron chi connectivity index (χ3n) is 1.79. The van der Waals surface area contributed by atoms with Crippen LogP contribution < -0.4 is 11.1 Å². The van der Waals surface area contributed by atoms with Crippen LogP contribution in [0.2, 0.25) is 0 Å². The van der Waals surface area contributed by atoms with Crippen molar-refractivity contribution < 1.29 is 4.79 Å². The number of anilines is 1. The number of para-hydroxylation sites is 1. The van der Waals surface area contributed by atoms with Gasteiger partial charge >= 0.3 is 0 Å². The van der Waals surface area contributed by atoms with Crippen LogP contribution in [0.3, 0.4) is 0 Å². The third kappa shape index (κ3) is 3.77. The van der Waals surface area contributed by atoms with E-state index in [1.54, 1.807) is 0 Å². The number of rotatable bonds is 3. The van der Waals surface area contributed by atoms with Crippen LogP contribution in [0.4, 0.5) is 5.69 Å². The molecular weight excluding hydrogens is 200 g/mol. The van der Waals surface area contributed by atoms with Gasteiger partial charge in [0.1, 0.15) is 0 Å². The van der Waals surface area contributed by atoms with Crippen molar-refractivity contribution in [3.05, 3.63) is 29.8 Å². The van der Waals surface area contributed by atoms with Gasteiger partial charge < -0.3 is 11.1 Å². The van der Waals surface area contributed by atoms with Crippen molar-refractivity contribution in [3.63, 3.8) is 0 Å². The Labute approximate surface area is 90.1 Å².